The number of hydrogen-bond acceptors (Lipinski definition) is 11. The molecular formula is C61H102O12S. The van der Waals surface area contributed by atoms with Crippen molar-refractivity contribution in [3.05, 3.63) is 109 Å². The summed E-state index contributed by atoms with van der Waals surface area (Å²) in [5, 5.41) is 30.8. The molecule has 1 rings (SSSR count). The van der Waals surface area contributed by atoms with Gasteiger partial charge in [-0.05, 0) is 103 Å². The van der Waals surface area contributed by atoms with Crippen LogP contribution in [0.4, 0.5) is 0 Å². The Morgan fingerprint density at radius 1 is 0.527 bits per heavy atom. The molecule has 0 saturated carbocycles. The van der Waals surface area contributed by atoms with Crippen molar-refractivity contribution < 1.29 is 56.2 Å². The Labute approximate surface area is 449 Å². The summed E-state index contributed by atoms with van der Waals surface area (Å²) in [5.41, 5.74) is 0. The quantitative estimate of drug-likeness (QED) is 0.0196. The molecule has 1 aliphatic heterocycles. The molecule has 0 bridgehead atoms. The van der Waals surface area contributed by atoms with Gasteiger partial charge >= 0.3 is 16.4 Å². The Morgan fingerprint density at radius 2 is 0.932 bits per heavy atom. The van der Waals surface area contributed by atoms with E-state index in [-0.39, 0.29) is 19.6 Å². The number of aliphatic hydroxyl groups is 3. The Balaban J connectivity index is 2.35. The van der Waals surface area contributed by atoms with Crippen LogP contribution in [0.5, 0.6) is 0 Å². The summed E-state index contributed by atoms with van der Waals surface area (Å²) < 4.78 is 59.4. The lowest BCUT2D eigenvalue weighted by molar-refractivity contribution is -0.301. The van der Waals surface area contributed by atoms with Gasteiger partial charge in [0.25, 0.3) is 0 Å². The van der Waals surface area contributed by atoms with E-state index in [0.29, 0.717) is 13.0 Å². The van der Waals surface area contributed by atoms with E-state index < -0.39 is 59.8 Å². The van der Waals surface area contributed by atoms with Crippen molar-refractivity contribution in [2.24, 2.45) is 0 Å². The van der Waals surface area contributed by atoms with Crippen molar-refractivity contribution in [2.45, 2.75) is 243 Å². The standard InChI is InChI=1S/C61H102O12S/c1-3-5-7-9-11-13-15-17-19-21-23-25-27-28-29-30-32-34-36-38-40-42-44-46-48-50-57(63)71-55(54-70-61-59(65)60(73-74(66,67)68)58(64)56(52-62)72-61)53-69-51-49-47-45-43-41-39-37-35-33-31-26-24-22-20-18-16-14-12-10-8-6-4-2/h6,8,12,14-15,17-18,20-21,23-24,26-28,33,35,39,41,55-56,58-62,64-65H,3-5,7,9-11,13,16,19,22,25,29-32,34,36-38,40,42-54H2,1-2H3,(H,66,67,68)/b8-6-,14-12-,17-15-,20-18-,23-21-,26-24-,28-27-,35-33-,41-39-. The first-order chi connectivity index (χ1) is 36.1. The summed E-state index contributed by atoms with van der Waals surface area (Å²) in [7, 11) is -5.08. The van der Waals surface area contributed by atoms with E-state index in [2.05, 4.69) is 127 Å². The zero-order valence-corrected chi connectivity index (χ0v) is 46.7. The van der Waals surface area contributed by atoms with Crippen LogP contribution in [-0.2, 0) is 38.3 Å². The van der Waals surface area contributed by atoms with Gasteiger partial charge in [0.2, 0.25) is 0 Å². The minimum Gasteiger partial charge on any atom is -0.457 e. The fourth-order valence-corrected chi connectivity index (χ4v) is 8.60. The molecule has 1 heterocycles. The molecule has 0 amide bonds. The lowest BCUT2D eigenvalue weighted by atomic mass is 9.99. The molecule has 424 valence electrons. The zero-order chi connectivity index (χ0) is 53.8. The maximum atomic E-state index is 13.0. The van der Waals surface area contributed by atoms with Crippen molar-refractivity contribution in [3.63, 3.8) is 0 Å². The third-order valence-corrected chi connectivity index (χ3v) is 12.8. The molecule has 0 radical (unpaired) electrons. The maximum Gasteiger partial charge on any atom is 0.397 e. The van der Waals surface area contributed by atoms with Crippen LogP contribution in [0, 0.1) is 0 Å². The normalized spacial score (nSPS) is 19.6. The smallest absolute Gasteiger partial charge is 0.397 e. The van der Waals surface area contributed by atoms with Crippen molar-refractivity contribution >= 4 is 16.4 Å². The fraction of sp³-hybridized carbons (Fsp3) is 0.689. The molecule has 0 spiro atoms. The predicted molar refractivity (Wildman–Crippen MR) is 303 cm³/mol. The van der Waals surface area contributed by atoms with Gasteiger partial charge in [-0.15, -0.1) is 0 Å². The molecule has 1 aliphatic rings. The third kappa shape index (κ3) is 42.9. The van der Waals surface area contributed by atoms with Gasteiger partial charge in [0.05, 0.1) is 19.8 Å². The predicted octanol–water partition coefficient (Wildman–Crippen LogP) is 14.3. The van der Waals surface area contributed by atoms with Crippen LogP contribution in [0.2, 0.25) is 0 Å². The molecule has 6 unspecified atom stereocenters. The average Bonchev–Trinajstić information content (AvgIpc) is 3.38. The van der Waals surface area contributed by atoms with Gasteiger partial charge in [0.15, 0.2) is 6.29 Å². The van der Waals surface area contributed by atoms with Gasteiger partial charge in [-0.25, -0.2) is 4.18 Å². The average molecular weight is 1060 g/mol. The highest BCUT2D eigenvalue weighted by Gasteiger charge is 2.48. The van der Waals surface area contributed by atoms with Crippen LogP contribution in [0.25, 0.3) is 0 Å². The maximum absolute atomic E-state index is 13.0. The fourth-order valence-electron chi connectivity index (χ4n) is 8.09. The van der Waals surface area contributed by atoms with E-state index >= 15 is 0 Å². The Bertz CT molecular complexity index is 1700. The van der Waals surface area contributed by atoms with Gasteiger partial charge in [0.1, 0.15) is 30.5 Å². The van der Waals surface area contributed by atoms with E-state index in [1.54, 1.807) is 0 Å². The monoisotopic (exact) mass is 1060 g/mol. The highest BCUT2D eigenvalue weighted by molar-refractivity contribution is 7.80. The second kappa shape index (κ2) is 50.6. The number of rotatable bonds is 49. The summed E-state index contributed by atoms with van der Waals surface area (Å²) in [6.07, 6.45) is 62.6. The number of unbranched alkanes of at least 4 members (excludes halogenated alkanes) is 18. The summed E-state index contributed by atoms with van der Waals surface area (Å²) in [6, 6.07) is 0. The minimum absolute atomic E-state index is 0.00462. The largest absolute Gasteiger partial charge is 0.457 e. The molecule has 0 aromatic heterocycles. The van der Waals surface area contributed by atoms with Crippen LogP contribution in [0.3, 0.4) is 0 Å². The van der Waals surface area contributed by atoms with Gasteiger partial charge in [0, 0.05) is 13.0 Å². The topological polar surface area (TPSA) is 178 Å². The third-order valence-electron chi connectivity index (χ3n) is 12.4. The summed E-state index contributed by atoms with van der Waals surface area (Å²) in [4.78, 5) is 13.0. The molecule has 12 nitrogen and oxygen atoms in total. The molecular weight excluding hydrogens is 957 g/mol. The van der Waals surface area contributed by atoms with E-state index in [9.17, 15) is 33.1 Å². The second-order valence-corrected chi connectivity index (χ2v) is 20.2. The highest BCUT2D eigenvalue weighted by Crippen LogP contribution is 2.26. The molecule has 74 heavy (non-hydrogen) atoms. The van der Waals surface area contributed by atoms with Crippen LogP contribution in [0.1, 0.15) is 206 Å². The van der Waals surface area contributed by atoms with Gasteiger partial charge in [-0.1, -0.05) is 207 Å². The van der Waals surface area contributed by atoms with Crippen LogP contribution >= 0.6 is 0 Å². The molecule has 0 aromatic rings. The number of aliphatic hydroxyl groups excluding tert-OH is 3. The lowest BCUT2D eigenvalue weighted by Gasteiger charge is -2.41. The van der Waals surface area contributed by atoms with Crippen molar-refractivity contribution in [2.75, 3.05) is 26.4 Å². The van der Waals surface area contributed by atoms with E-state index in [4.69, 9.17) is 18.9 Å². The number of carbonyl (C=O) groups excluding carboxylic acids is 1. The number of allylic oxidation sites excluding steroid dienone is 18. The zero-order valence-electron chi connectivity index (χ0n) is 45.9. The number of carbonyl (C=O) groups is 1. The highest BCUT2D eigenvalue weighted by atomic mass is 32.3. The SMILES string of the molecule is CC/C=C\C/C=C\C/C=C\C/C=C\C/C=C\C/C=C\CCCCCOCC(COC1OC(CO)C(O)C(OS(=O)(=O)O)C1O)OC(=O)CCCCCCCCCCCC/C=C\C/C=C\C/C=C\CCCCCCC. The van der Waals surface area contributed by atoms with Gasteiger partial charge in [-0.2, -0.15) is 8.42 Å². The van der Waals surface area contributed by atoms with Gasteiger partial charge < -0.3 is 34.3 Å². The van der Waals surface area contributed by atoms with Crippen LogP contribution < -0.4 is 0 Å². The van der Waals surface area contributed by atoms with E-state index in [1.165, 1.54) is 77.0 Å². The number of esters is 1. The summed E-state index contributed by atoms with van der Waals surface area (Å²) in [6.45, 7) is 3.78. The molecule has 4 N–H and O–H groups in total. The number of ether oxygens (including phenoxy) is 4. The lowest BCUT2D eigenvalue weighted by Crippen LogP contribution is -2.60. The first kappa shape index (κ1) is 68.8. The van der Waals surface area contributed by atoms with Crippen LogP contribution in [-0.4, -0.2) is 97.5 Å². The molecule has 1 fully saturated rings. The van der Waals surface area contributed by atoms with E-state index in [0.717, 1.165) is 103 Å². The molecule has 0 aromatic carbocycles. The first-order valence-electron chi connectivity index (χ1n) is 28.6. The van der Waals surface area contributed by atoms with Crippen molar-refractivity contribution in [1.82, 2.24) is 0 Å². The van der Waals surface area contributed by atoms with Crippen molar-refractivity contribution in [1.29, 1.82) is 0 Å². The Hall–Kier alpha value is -3.24. The van der Waals surface area contributed by atoms with Gasteiger partial charge in [-0.3, -0.25) is 9.35 Å². The minimum atomic E-state index is -5.08. The van der Waals surface area contributed by atoms with E-state index in [1.807, 2.05) is 0 Å². The van der Waals surface area contributed by atoms with Crippen molar-refractivity contribution in [3.8, 4) is 0 Å². The molecule has 13 heteroatoms. The second-order valence-electron chi connectivity index (χ2n) is 19.1. The first-order valence-corrected chi connectivity index (χ1v) is 30.0. The summed E-state index contributed by atoms with van der Waals surface area (Å²) in [5.74, 6) is -0.419. The Kier molecular flexibility index (Phi) is 47.0. The molecule has 6 atom stereocenters. The number of hydrogen-bond donors (Lipinski definition) is 4. The van der Waals surface area contributed by atoms with Crippen LogP contribution in [0.15, 0.2) is 109 Å². The molecule has 1 saturated heterocycles. The Morgan fingerprint density at radius 3 is 1.36 bits per heavy atom. The molecule has 0 aliphatic carbocycles. The summed E-state index contributed by atoms with van der Waals surface area (Å²) >= 11 is 0.